The van der Waals surface area contributed by atoms with Crippen LogP contribution in [0.4, 0.5) is 5.69 Å². The third kappa shape index (κ3) is 4.64. The number of nitrogens with one attached hydrogen (secondary N) is 1. The second-order valence-electron chi connectivity index (χ2n) is 5.19. The van der Waals surface area contributed by atoms with Crippen LogP contribution in [-0.4, -0.2) is 0 Å². The van der Waals surface area contributed by atoms with Crippen molar-refractivity contribution in [3.8, 4) is 0 Å². The molecule has 2 rings (SSSR count). The molecule has 1 nitrogen and oxygen atoms in total. The lowest BCUT2D eigenvalue weighted by molar-refractivity contribution is 0.717. The number of hydrogen-bond donors (Lipinski definition) is 1. The first-order chi connectivity index (χ1) is 9.69. The van der Waals surface area contributed by atoms with Crippen molar-refractivity contribution < 1.29 is 0 Å². The summed E-state index contributed by atoms with van der Waals surface area (Å²) in [6.07, 6.45) is 5.10. The van der Waals surface area contributed by atoms with Crippen LogP contribution in [0.25, 0.3) is 0 Å². The summed E-state index contributed by atoms with van der Waals surface area (Å²) in [5, 5.41) is 5.68. The summed E-state index contributed by atoms with van der Waals surface area (Å²) in [4.78, 5) is 1.35. The Bertz CT molecular complexity index is 518. The Labute approximate surface area is 134 Å². The highest BCUT2D eigenvalue weighted by molar-refractivity contribution is 9.10. The molecule has 0 aliphatic carbocycles. The molecule has 1 aromatic carbocycles. The minimum atomic E-state index is 0.345. The summed E-state index contributed by atoms with van der Waals surface area (Å²) >= 11 is 5.29. The summed E-state index contributed by atoms with van der Waals surface area (Å²) in [7, 11) is 0. The molecule has 0 amide bonds. The zero-order chi connectivity index (χ0) is 14.4. The lowest BCUT2D eigenvalue weighted by atomic mass is 10.1. The van der Waals surface area contributed by atoms with Crippen LogP contribution in [0.5, 0.6) is 0 Å². The number of benzene rings is 1. The Hall–Kier alpha value is -0.800. The third-order valence-corrected chi connectivity index (χ3v) is 5.30. The van der Waals surface area contributed by atoms with E-state index in [-0.39, 0.29) is 0 Å². The molecule has 1 unspecified atom stereocenters. The fraction of sp³-hybridized carbons (Fsp3) is 0.412. The van der Waals surface area contributed by atoms with Gasteiger partial charge in [0.2, 0.25) is 0 Å². The second kappa shape index (κ2) is 7.84. The minimum Gasteiger partial charge on any atom is -0.378 e. The molecular formula is C17H22BrNS. The highest BCUT2D eigenvalue weighted by Crippen LogP contribution is 2.28. The van der Waals surface area contributed by atoms with Crippen LogP contribution >= 0.6 is 27.3 Å². The van der Waals surface area contributed by atoms with E-state index in [1.54, 1.807) is 11.3 Å². The number of anilines is 1. The SMILES string of the molecule is CCCCCc1ccc(NC(C)c2cc(Br)cs2)cc1. The van der Waals surface area contributed by atoms with E-state index in [4.69, 9.17) is 0 Å². The van der Waals surface area contributed by atoms with Crippen molar-refractivity contribution >= 4 is 33.0 Å². The Morgan fingerprint density at radius 1 is 1.20 bits per heavy atom. The molecule has 0 saturated carbocycles. The molecule has 0 aliphatic heterocycles. The molecule has 0 spiro atoms. The predicted octanol–water partition coefficient (Wildman–Crippen LogP) is 6.42. The van der Waals surface area contributed by atoms with Crippen LogP contribution in [0.15, 0.2) is 40.2 Å². The van der Waals surface area contributed by atoms with Gasteiger partial charge >= 0.3 is 0 Å². The fourth-order valence-corrected chi connectivity index (χ4v) is 3.68. The lowest BCUT2D eigenvalue weighted by Crippen LogP contribution is -2.04. The standard InChI is InChI=1S/C17H22BrNS/c1-3-4-5-6-14-7-9-16(10-8-14)19-13(2)17-11-15(18)12-20-17/h7-13,19H,3-6H2,1-2H3. The van der Waals surface area contributed by atoms with Crippen LogP contribution in [0.2, 0.25) is 0 Å². The number of aryl methyl sites for hydroxylation is 1. The summed E-state index contributed by atoms with van der Waals surface area (Å²) in [5.41, 5.74) is 2.64. The van der Waals surface area contributed by atoms with Gasteiger partial charge in [-0.3, -0.25) is 0 Å². The van der Waals surface area contributed by atoms with E-state index in [2.05, 4.69) is 70.8 Å². The van der Waals surface area contributed by atoms with Gasteiger partial charge in [0.1, 0.15) is 0 Å². The second-order valence-corrected chi connectivity index (χ2v) is 7.05. The smallest absolute Gasteiger partial charge is 0.0578 e. The number of halogens is 1. The molecule has 0 fully saturated rings. The first-order valence-electron chi connectivity index (χ1n) is 7.28. The maximum atomic E-state index is 3.56. The normalized spacial score (nSPS) is 12.3. The van der Waals surface area contributed by atoms with Crippen LogP contribution in [0, 0.1) is 0 Å². The van der Waals surface area contributed by atoms with Crippen molar-refractivity contribution in [2.24, 2.45) is 0 Å². The van der Waals surface area contributed by atoms with Gasteiger partial charge in [-0.25, -0.2) is 0 Å². The summed E-state index contributed by atoms with van der Waals surface area (Å²) in [5.74, 6) is 0. The van der Waals surface area contributed by atoms with E-state index in [1.807, 2.05) is 0 Å². The fourth-order valence-electron chi connectivity index (χ4n) is 2.22. The summed E-state index contributed by atoms with van der Waals surface area (Å²) in [6.45, 7) is 4.45. The van der Waals surface area contributed by atoms with Crippen molar-refractivity contribution in [3.05, 3.63) is 50.6 Å². The molecule has 2 aromatic rings. The van der Waals surface area contributed by atoms with Gasteiger partial charge in [0.15, 0.2) is 0 Å². The number of unbranched alkanes of at least 4 members (excludes halogenated alkanes) is 2. The highest BCUT2D eigenvalue weighted by Gasteiger charge is 2.07. The Morgan fingerprint density at radius 2 is 1.95 bits per heavy atom. The molecule has 0 saturated heterocycles. The monoisotopic (exact) mass is 351 g/mol. The van der Waals surface area contributed by atoms with Gasteiger partial charge in [0.25, 0.3) is 0 Å². The quantitative estimate of drug-likeness (QED) is 0.567. The van der Waals surface area contributed by atoms with Gasteiger partial charge in [-0.1, -0.05) is 31.9 Å². The largest absolute Gasteiger partial charge is 0.378 e. The Kier molecular flexibility index (Phi) is 6.11. The summed E-state index contributed by atoms with van der Waals surface area (Å²) in [6, 6.07) is 11.4. The van der Waals surface area contributed by atoms with Crippen molar-refractivity contribution in [1.82, 2.24) is 0 Å². The molecule has 3 heteroatoms. The maximum absolute atomic E-state index is 3.56. The molecule has 1 N–H and O–H groups in total. The van der Waals surface area contributed by atoms with E-state index in [9.17, 15) is 0 Å². The molecule has 0 radical (unpaired) electrons. The van der Waals surface area contributed by atoms with Crippen molar-refractivity contribution in [2.45, 2.75) is 45.6 Å². The van der Waals surface area contributed by atoms with E-state index < -0.39 is 0 Å². The van der Waals surface area contributed by atoms with Gasteiger partial charge in [0.05, 0.1) is 6.04 Å². The van der Waals surface area contributed by atoms with Gasteiger partial charge in [0, 0.05) is 20.4 Å². The molecule has 108 valence electrons. The van der Waals surface area contributed by atoms with Crippen LogP contribution in [0.1, 0.15) is 49.6 Å². The average molecular weight is 352 g/mol. The molecule has 0 bridgehead atoms. The first-order valence-corrected chi connectivity index (χ1v) is 8.95. The highest BCUT2D eigenvalue weighted by atomic mass is 79.9. The predicted molar refractivity (Wildman–Crippen MR) is 93.7 cm³/mol. The van der Waals surface area contributed by atoms with E-state index in [1.165, 1.54) is 41.8 Å². The average Bonchev–Trinajstić information content (AvgIpc) is 2.88. The molecule has 0 aliphatic rings. The Balaban J connectivity index is 1.90. The minimum absolute atomic E-state index is 0.345. The van der Waals surface area contributed by atoms with Gasteiger partial charge < -0.3 is 5.32 Å². The third-order valence-electron chi connectivity index (χ3n) is 3.42. The molecule has 1 atom stereocenters. The topological polar surface area (TPSA) is 12.0 Å². The molecule has 1 aromatic heterocycles. The van der Waals surface area contributed by atoms with Crippen LogP contribution in [0.3, 0.4) is 0 Å². The van der Waals surface area contributed by atoms with E-state index >= 15 is 0 Å². The molecular weight excluding hydrogens is 330 g/mol. The van der Waals surface area contributed by atoms with Gasteiger partial charge in [-0.05, 0) is 59.5 Å². The number of thiophene rings is 1. The molecule has 20 heavy (non-hydrogen) atoms. The zero-order valence-corrected chi connectivity index (χ0v) is 14.6. The number of hydrogen-bond acceptors (Lipinski definition) is 2. The summed E-state index contributed by atoms with van der Waals surface area (Å²) < 4.78 is 1.16. The Morgan fingerprint density at radius 3 is 2.55 bits per heavy atom. The lowest BCUT2D eigenvalue weighted by Gasteiger charge is -2.14. The van der Waals surface area contributed by atoms with E-state index in [0.29, 0.717) is 6.04 Å². The van der Waals surface area contributed by atoms with Crippen LogP contribution < -0.4 is 5.32 Å². The zero-order valence-electron chi connectivity index (χ0n) is 12.2. The maximum Gasteiger partial charge on any atom is 0.0578 e. The number of rotatable bonds is 7. The van der Waals surface area contributed by atoms with Crippen molar-refractivity contribution in [1.29, 1.82) is 0 Å². The van der Waals surface area contributed by atoms with E-state index in [0.717, 1.165) is 4.47 Å². The first kappa shape index (κ1) is 15.6. The van der Waals surface area contributed by atoms with Crippen molar-refractivity contribution in [2.75, 3.05) is 5.32 Å². The van der Waals surface area contributed by atoms with Gasteiger partial charge in [-0.15, -0.1) is 11.3 Å². The van der Waals surface area contributed by atoms with Crippen molar-refractivity contribution in [3.63, 3.8) is 0 Å². The van der Waals surface area contributed by atoms with Crippen LogP contribution in [-0.2, 0) is 6.42 Å². The van der Waals surface area contributed by atoms with Gasteiger partial charge in [-0.2, -0.15) is 0 Å². The molecule has 1 heterocycles.